The molecule has 3 fully saturated rings. The fourth-order valence-corrected chi connectivity index (χ4v) is 4.61. The van der Waals surface area contributed by atoms with Crippen LogP contribution in [0.5, 0.6) is 0 Å². The van der Waals surface area contributed by atoms with Gasteiger partial charge in [0.25, 0.3) is 0 Å². The Morgan fingerprint density at radius 3 is 3.04 bits per heavy atom. The molecule has 0 saturated carbocycles. The van der Waals surface area contributed by atoms with E-state index in [1.807, 2.05) is 41.0 Å². The largest absolute Gasteiger partial charge is 0.342 e. The van der Waals surface area contributed by atoms with Gasteiger partial charge in [0, 0.05) is 32.6 Å². The third kappa shape index (κ3) is 3.64. The minimum absolute atomic E-state index is 0.148. The summed E-state index contributed by atoms with van der Waals surface area (Å²) in [5.74, 6) is 0.898. The van der Waals surface area contributed by atoms with Crippen LogP contribution in [0.25, 0.3) is 11.4 Å². The number of amides is 1. The van der Waals surface area contributed by atoms with E-state index in [2.05, 4.69) is 21.9 Å². The van der Waals surface area contributed by atoms with Gasteiger partial charge >= 0.3 is 0 Å². The van der Waals surface area contributed by atoms with Gasteiger partial charge in [0.05, 0.1) is 37.4 Å². The molecule has 0 aromatic carbocycles. The lowest BCUT2D eigenvalue weighted by Crippen LogP contribution is -3.20. The molecule has 1 N–H and O–H groups in total. The molecule has 3 saturated heterocycles. The lowest BCUT2D eigenvalue weighted by Gasteiger charge is -2.46. The van der Waals surface area contributed by atoms with Crippen LogP contribution in [-0.4, -0.2) is 63.5 Å². The molecule has 142 valence electrons. The number of carbonyl (C=O) groups is 1. The molecule has 7 heteroatoms. The Bertz CT molecular complexity index is 804. The normalized spacial score (nSPS) is 26.7. The molecule has 0 spiro atoms. The van der Waals surface area contributed by atoms with E-state index in [1.54, 1.807) is 12.3 Å². The predicted octanol–water partition coefficient (Wildman–Crippen LogP) is 0.278. The Balaban J connectivity index is 1.41. The second kappa shape index (κ2) is 7.60. The molecule has 2 aromatic rings. The van der Waals surface area contributed by atoms with Gasteiger partial charge in [-0.2, -0.15) is 0 Å². The highest BCUT2D eigenvalue weighted by Crippen LogP contribution is 2.29. The first-order valence-electron chi connectivity index (χ1n) is 9.67. The summed E-state index contributed by atoms with van der Waals surface area (Å²) in [7, 11) is 1.88. The average Bonchev–Trinajstić information content (AvgIpc) is 3.17. The summed E-state index contributed by atoms with van der Waals surface area (Å²) in [5.41, 5.74) is 1.65. The van der Waals surface area contributed by atoms with Crippen LogP contribution < -0.4 is 4.90 Å². The second-order valence-corrected chi connectivity index (χ2v) is 7.75. The van der Waals surface area contributed by atoms with Crippen LogP contribution >= 0.6 is 0 Å². The van der Waals surface area contributed by atoms with Crippen LogP contribution in [0.4, 0.5) is 0 Å². The predicted molar refractivity (Wildman–Crippen MR) is 102 cm³/mol. The van der Waals surface area contributed by atoms with E-state index in [0.717, 1.165) is 43.9 Å². The van der Waals surface area contributed by atoms with Crippen molar-refractivity contribution in [3.63, 3.8) is 0 Å². The highest BCUT2D eigenvalue weighted by Gasteiger charge is 2.47. The molecule has 2 bridgehead atoms. The third-order valence-corrected chi connectivity index (χ3v) is 6.02. The van der Waals surface area contributed by atoms with E-state index in [-0.39, 0.29) is 11.8 Å². The Kier molecular flexibility index (Phi) is 5.03. The summed E-state index contributed by atoms with van der Waals surface area (Å²) >= 11 is 0. The maximum atomic E-state index is 12.7. The number of fused-ring (bicyclic) bond motifs is 3. The molecule has 27 heavy (non-hydrogen) atoms. The Morgan fingerprint density at radius 1 is 1.44 bits per heavy atom. The number of nitrogens with zero attached hydrogens (tertiary/aromatic N) is 5. The van der Waals surface area contributed by atoms with E-state index in [4.69, 9.17) is 0 Å². The summed E-state index contributed by atoms with van der Waals surface area (Å²) in [6.07, 6.45) is 7.75. The molecule has 7 nitrogen and oxygen atoms in total. The highest BCUT2D eigenvalue weighted by molar-refractivity contribution is 5.79. The van der Waals surface area contributed by atoms with E-state index < -0.39 is 0 Å². The lowest BCUT2D eigenvalue weighted by atomic mass is 9.75. The van der Waals surface area contributed by atoms with Crippen molar-refractivity contribution in [2.24, 2.45) is 11.8 Å². The Morgan fingerprint density at radius 2 is 2.33 bits per heavy atom. The van der Waals surface area contributed by atoms with Crippen molar-refractivity contribution in [3.8, 4) is 11.4 Å². The smallest absolute Gasteiger partial charge is 0.231 e. The summed E-state index contributed by atoms with van der Waals surface area (Å²) in [4.78, 5) is 20.4. The molecule has 4 atom stereocenters. The van der Waals surface area contributed by atoms with Crippen molar-refractivity contribution in [1.29, 1.82) is 0 Å². The van der Waals surface area contributed by atoms with E-state index in [0.29, 0.717) is 18.5 Å². The van der Waals surface area contributed by atoms with E-state index >= 15 is 0 Å². The van der Waals surface area contributed by atoms with Crippen LogP contribution in [0.2, 0.25) is 0 Å². The van der Waals surface area contributed by atoms with E-state index in [9.17, 15) is 4.79 Å². The number of carbonyl (C=O) groups excluding carboxylic acids is 1. The van der Waals surface area contributed by atoms with Crippen molar-refractivity contribution in [3.05, 3.63) is 43.2 Å². The zero-order valence-corrected chi connectivity index (χ0v) is 15.8. The van der Waals surface area contributed by atoms with Crippen molar-refractivity contribution in [1.82, 2.24) is 24.9 Å². The molecule has 1 unspecified atom stereocenters. The first kappa shape index (κ1) is 17.9. The lowest BCUT2D eigenvalue weighted by molar-refractivity contribution is -0.945. The Hall–Kier alpha value is -2.54. The standard InChI is InChI=1S/C20H26N6O/c1-3-9-24(2)20(27)17-13-25-10-7-15(17)11-16(25)12-26-14-19(22-23-26)18-6-4-5-8-21-18/h3-6,8,14-17H,1,7,9-13H2,2H3/p+1/t15-,16-,17+/m1/s1. The molecule has 5 heterocycles. The highest BCUT2D eigenvalue weighted by atomic mass is 16.2. The first-order chi connectivity index (χ1) is 13.2. The van der Waals surface area contributed by atoms with Crippen LogP contribution in [0.3, 0.4) is 0 Å². The summed E-state index contributed by atoms with van der Waals surface area (Å²) in [6.45, 7) is 7.28. The second-order valence-electron chi connectivity index (χ2n) is 7.75. The maximum Gasteiger partial charge on any atom is 0.231 e. The zero-order chi connectivity index (χ0) is 18.8. The van der Waals surface area contributed by atoms with Crippen molar-refractivity contribution < 1.29 is 9.69 Å². The average molecular weight is 367 g/mol. The SMILES string of the molecule is C=CCN(C)C(=O)[C@H]1C[NH+]2CC[C@@H]1C[C@@H]2Cn1cc(-c2ccccn2)nn1. The molecular formula is C20H27N6O+. The van der Waals surface area contributed by atoms with Gasteiger partial charge in [-0.1, -0.05) is 17.4 Å². The van der Waals surface area contributed by atoms with Gasteiger partial charge in [-0.3, -0.25) is 9.78 Å². The number of pyridine rings is 1. The number of aromatic nitrogens is 4. The van der Waals surface area contributed by atoms with Crippen LogP contribution in [0.1, 0.15) is 12.8 Å². The maximum absolute atomic E-state index is 12.7. The summed E-state index contributed by atoms with van der Waals surface area (Å²) in [6, 6.07) is 6.29. The minimum Gasteiger partial charge on any atom is -0.342 e. The fourth-order valence-electron chi connectivity index (χ4n) is 4.61. The van der Waals surface area contributed by atoms with Gasteiger partial charge < -0.3 is 9.80 Å². The zero-order valence-electron chi connectivity index (χ0n) is 15.8. The molecule has 3 aliphatic heterocycles. The molecule has 5 rings (SSSR count). The molecule has 2 aromatic heterocycles. The fraction of sp³-hybridized carbons (Fsp3) is 0.500. The van der Waals surface area contributed by atoms with Gasteiger partial charge in [0.15, 0.2) is 0 Å². The topological polar surface area (TPSA) is 68.4 Å². The third-order valence-electron chi connectivity index (χ3n) is 6.02. The molecule has 1 amide bonds. The minimum atomic E-state index is 0.148. The number of rotatable bonds is 6. The summed E-state index contributed by atoms with van der Waals surface area (Å²) < 4.78 is 1.93. The van der Waals surface area contributed by atoms with E-state index in [1.165, 1.54) is 4.90 Å². The van der Waals surface area contributed by atoms with Crippen molar-refractivity contribution in [2.45, 2.75) is 25.4 Å². The Labute approximate surface area is 159 Å². The summed E-state index contributed by atoms with van der Waals surface area (Å²) in [5, 5.41) is 8.58. The van der Waals surface area contributed by atoms with Crippen LogP contribution in [0, 0.1) is 11.8 Å². The molecule has 0 aliphatic carbocycles. The molecular weight excluding hydrogens is 340 g/mol. The van der Waals surface area contributed by atoms with Gasteiger partial charge in [0.2, 0.25) is 5.91 Å². The number of hydrogen-bond donors (Lipinski definition) is 1. The van der Waals surface area contributed by atoms with Crippen molar-refractivity contribution >= 4 is 5.91 Å². The number of piperidine rings is 3. The molecule has 3 aliphatic rings. The van der Waals surface area contributed by atoms with Crippen LogP contribution in [-0.2, 0) is 11.3 Å². The number of nitrogens with one attached hydrogen (secondary N) is 1. The molecule has 0 radical (unpaired) electrons. The van der Waals surface area contributed by atoms with Gasteiger partial charge in [-0.25, -0.2) is 4.68 Å². The van der Waals surface area contributed by atoms with Crippen molar-refractivity contribution in [2.75, 3.05) is 26.7 Å². The quantitative estimate of drug-likeness (QED) is 0.745. The monoisotopic (exact) mass is 367 g/mol. The number of hydrogen-bond acceptors (Lipinski definition) is 4. The number of likely N-dealkylation sites (N-methyl/N-ethyl adjacent to an activating group) is 1. The van der Waals surface area contributed by atoms with Gasteiger partial charge in [-0.15, -0.1) is 11.7 Å². The first-order valence-corrected chi connectivity index (χ1v) is 9.67. The van der Waals surface area contributed by atoms with Crippen LogP contribution in [0.15, 0.2) is 43.2 Å². The van der Waals surface area contributed by atoms with Gasteiger partial charge in [0.1, 0.15) is 11.7 Å². The van der Waals surface area contributed by atoms with Gasteiger partial charge in [-0.05, 0) is 18.1 Å². The number of quaternary nitrogens is 1.